The van der Waals surface area contributed by atoms with Crippen LogP contribution in [0.15, 0.2) is 60.0 Å². The number of carbonyl (C=O) groups excluding carboxylic acids is 1. The van der Waals surface area contributed by atoms with Crippen LogP contribution in [0.25, 0.3) is 5.69 Å². The molecule has 0 spiro atoms. The number of aryl methyl sites for hydroxylation is 1. The molecule has 6 nitrogen and oxygen atoms in total. The number of nitrogens with zero attached hydrogens (tertiary/aromatic N) is 4. The van der Waals surface area contributed by atoms with Gasteiger partial charge in [-0.25, -0.2) is 0 Å². The fraction of sp³-hybridized carbons (Fsp3) is 0.158. The second-order valence-corrected chi connectivity index (χ2v) is 6.64. The molecule has 7 heteroatoms. The number of aromatic nitrogens is 3. The molecule has 0 aliphatic rings. The zero-order valence-electron chi connectivity index (χ0n) is 14.2. The molecular weight excluding hydrogens is 346 g/mol. The van der Waals surface area contributed by atoms with Gasteiger partial charge >= 0.3 is 0 Å². The largest absolute Gasteiger partial charge is 0.325 e. The number of amides is 1. The van der Waals surface area contributed by atoms with Crippen molar-refractivity contribution in [3.63, 3.8) is 0 Å². The van der Waals surface area contributed by atoms with Gasteiger partial charge in [0.05, 0.1) is 16.9 Å². The fourth-order valence-electron chi connectivity index (χ4n) is 2.46. The third-order valence-electron chi connectivity index (χ3n) is 3.77. The molecule has 0 fully saturated rings. The van der Waals surface area contributed by atoms with E-state index in [2.05, 4.69) is 21.6 Å². The Kier molecular flexibility index (Phi) is 5.66. The Morgan fingerprint density at radius 1 is 1.23 bits per heavy atom. The molecule has 0 radical (unpaired) electrons. The maximum absolute atomic E-state index is 12.1. The van der Waals surface area contributed by atoms with E-state index in [1.807, 2.05) is 35.8 Å². The van der Waals surface area contributed by atoms with Gasteiger partial charge < -0.3 is 5.32 Å². The highest BCUT2D eigenvalue weighted by molar-refractivity contribution is 7.99. The van der Waals surface area contributed by atoms with E-state index in [0.29, 0.717) is 23.4 Å². The first-order valence-corrected chi connectivity index (χ1v) is 9.05. The Bertz CT molecular complexity index is 960. The number of rotatable bonds is 6. The fourth-order valence-corrected chi connectivity index (χ4v) is 3.32. The number of benzene rings is 2. The highest BCUT2D eigenvalue weighted by Crippen LogP contribution is 2.22. The first kappa shape index (κ1) is 17.7. The maximum Gasteiger partial charge on any atom is 0.225 e. The van der Waals surface area contributed by atoms with Crippen molar-refractivity contribution in [2.45, 2.75) is 18.5 Å². The molecule has 2 aromatic carbocycles. The van der Waals surface area contributed by atoms with E-state index >= 15 is 0 Å². The summed E-state index contributed by atoms with van der Waals surface area (Å²) in [6.07, 6.45) is 1.99. The number of anilines is 1. The van der Waals surface area contributed by atoms with E-state index < -0.39 is 0 Å². The summed E-state index contributed by atoms with van der Waals surface area (Å²) in [7, 11) is 0. The Hall–Kier alpha value is -3.11. The summed E-state index contributed by atoms with van der Waals surface area (Å²) in [5, 5.41) is 20.7. The third kappa shape index (κ3) is 4.10. The molecule has 1 aromatic heterocycles. The Labute approximate surface area is 155 Å². The highest BCUT2D eigenvalue weighted by atomic mass is 32.2. The predicted molar refractivity (Wildman–Crippen MR) is 101 cm³/mol. The highest BCUT2D eigenvalue weighted by Gasteiger charge is 2.11. The van der Waals surface area contributed by atoms with Gasteiger partial charge in [0.1, 0.15) is 12.4 Å². The van der Waals surface area contributed by atoms with E-state index in [1.54, 1.807) is 30.6 Å². The zero-order chi connectivity index (χ0) is 18.4. The van der Waals surface area contributed by atoms with Gasteiger partial charge in [0.15, 0.2) is 5.16 Å². The molecule has 1 amide bonds. The van der Waals surface area contributed by atoms with Gasteiger partial charge in [0.2, 0.25) is 5.91 Å². The maximum atomic E-state index is 12.1. The second kappa shape index (κ2) is 8.32. The van der Waals surface area contributed by atoms with Gasteiger partial charge in [-0.2, -0.15) is 5.26 Å². The lowest BCUT2D eigenvalue weighted by Gasteiger charge is -2.09. The molecule has 26 heavy (non-hydrogen) atoms. The van der Waals surface area contributed by atoms with Gasteiger partial charge in [-0.1, -0.05) is 42.1 Å². The van der Waals surface area contributed by atoms with Crippen molar-refractivity contribution < 1.29 is 4.79 Å². The summed E-state index contributed by atoms with van der Waals surface area (Å²) in [6, 6.07) is 17.0. The summed E-state index contributed by atoms with van der Waals surface area (Å²) in [6.45, 7) is 2.03. The van der Waals surface area contributed by atoms with E-state index in [1.165, 1.54) is 11.8 Å². The van der Waals surface area contributed by atoms with Crippen molar-refractivity contribution >= 4 is 23.4 Å². The number of thioether (sulfide) groups is 1. The number of nitriles is 1. The Morgan fingerprint density at radius 2 is 2.00 bits per heavy atom. The molecule has 0 unspecified atom stereocenters. The minimum atomic E-state index is -0.137. The van der Waals surface area contributed by atoms with Crippen LogP contribution in [-0.2, 0) is 4.79 Å². The third-order valence-corrected chi connectivity index (χ3v) is 4.72. The average molecular weight is 363 g/mol. The van der Waals surface area contributed by atoms with Crippen molar-refractivity contribution in [1.29, 1.82) is 5.26 Å². The van der Waals surface area contributed by atoms with Crippen molar-refractivity contribution in [3.8, 4) is 11.8 Å². The number of nitrogens with one attached hydrogen (secondary N) is 1. The minimum absolute atomic E-state index is 0.137. The van der Waals surface area contributed by atoms with Gasteiger partial charge in [-0.15, -0.1) is 10.2 Å². The van der Waals surface area contributed by atoms with Crippen molar-refractivity contribution in [3.05, 3.63) is 66.0 Å². The van der Waals surface area contributed by atoms with Gasteiger partial charge in [-0.3, -0.25) is 9.36 Å². The zero-order valence-corrected chi connectivity index (χ0v) is 15.0. The monoisotopic (exact) mass is 363 g/mol. The molecule has 130 valence electrons. The molecule has 0 saturated carbocycles. The Morgan fingerprint density at radius 3 is 2.81 bits per heavy atom. The van der Waals surface area contributed by atoms with Crippen LogP contribution < -0.4 is 5.32 Å². The number of hydrogen-bond acceptors (Lipinski definition) is 5. The molecule has 1 heterocycles. The van der Waals surface area contributed by atoms with E-state index in [4.69, 9.17) is 5.26 Å². The van der Waals surface area contributed by atoms with Crippen molar-refractivity contribution in [1.82, 2.24) is 14.8 Å². The quantitative estimate of drug-likeness (QED) is 0.677. The predicted octanol–water partition coefficient (Wildman–Crippen LogP) is 3.57. The van der Waals surface area contributed by atoms with Crippen LogP contribution in [0.4, 0.5) is 5.69 Å². The number of carbonyl (C=O) groups is 1. The van der Waals surface area contributed by atoms with Crippen LogP contribution in [0, 0.1) is 18.3 Å². The van der Waals surface area contributed by atoms with E-state index in [0.717, 1.165) is 16.4 Å². The normalized spacial score (nSPS) is 10.3. The smallest absolute Gasteiger partial charge is 0.225 e. The minimum Gasteiger partial charge on any atom is -0.325 e. The lowest BCUT2D eigenvalue weighted by molar-refractivity contribution is -0.115. The second-order valence-electron chi connectivity index (χ2n) is 5.57. The summed E-state index contributed by atoms with van der Waals surface area (Å²) >= 11 is 1.47. The molecular formula is C19H17N5OS. The first-order valence-electron chi connectivity index (χ1n) is 8.07. The van der Waals surface area contributed by atoms with Gasteiger partial charge in [0, 0.05) is 12.2 Å². The molecule has 0 atom stereocenters. The van der Waals surface area contributed by atoms with Crippen LogP contribution in [0.3, 0.4) is 0 Å². The summed E-state index contributed by atoms with van der Waals surface area (Å²) in [5.74, 6) is 0.424. The van der Waals surface area contributed by atoms with Gasteiger partial charge in [-0.05, 0) is 30.7 Å². The van der Waals surface area contributed by atoms with Crippen LogP contribution in [0.2, 0.25) is 0 Å². The topological polar surface area (TPSA) is 83.6 Å². The SMILES string of the molecule is Cc1ccccc1-n1cnnc1SCCC(=O)Nc1ccccc1C#N. The number of para-hydroxylation sites is 2. The van der Waals surface area contributed by atoms with Crippen LogP contribution in [-0.4, -0.2) is 26.4 Å². The standard InChI is InChI=1S/C19H17N5OS/c1-14-6-2-5-9-17(14)24-13-21-23-19(24)26-11-10-18(25)22-16-8-4-3-7-15(16)12-20/h2-9,13H,10-11H2,1H3,(H,22,25). The molecule has 3 rings (SSSR count). The summed E-state index contributed by atoms with van der Waals surface area (Å²) in [4.78, 5) is 12.1. The average Bonchev–Trinajstić information content (AvgIpc) is 3.11. The van der Waals surface area contributed by atoms with E-state index in [-0.39, 0.29) is 5.91 Å². The van der Waals surface area contributed by atoms with Crippen molar-refractivity contribution in [2.24, 2.45) is 0 Å². The summed E-state index contributed by atoms with van der Waals surface area (Å²) < 4.78 is 1.92. The molecule has 3 aromatic rings. The Balaban J connectivity index is 1.59. The molecule has 1 N–H and O–H groups in total. The lowest BCUT2D eigenvalue weighted by Crippen LogP contribution is -2.13. The first-order chi connectivity index (χ1) is 12.7. The van der Waals surface area contributed by atoms with Crippen LogP contribution in [0.5, 0.6) is 0 Å². The molecule has 0 saturated heterocycles. The van der Waals surface area contributed by atoms with Crippen molar-refractivity contribution in [2.75, 3.05) is 11.1 Å². The molecule has 0 aliphatic heterocycles. The van der Waals surface area contributed by atoms with Gasteiger partial charge in [0.25, 0.3) is 0 Å². The molecule has 0 aliphatic carbocycles. The lowest BCUT2D eigenvalue weighted by atomic mass is 10.2. The van der Waals surface area contributed by atoms with E-state index in [9.17, 15) is 4.79 Å². The van der Waals surface area contributed by atoms with Crippen LogP contribution >= 0.6 is 11.8 Å². The van der Waals surface area contributed by atoms with Crippen LogP contribution in [0.1, 0.15) is 17.5 Å². The molecule has 0 bridgehead atoms. The number of hydrogen-bond donors (Lipinski definition) is 1. The summed E-state index contributed by atoms with van der Waals surface area (Å²) in [5.41, 5.74) is 3.13.